The Labute approximate surface area is 211 Å². The summed E-state index contributed by atoms with van der Waals surface area (Å²) in [6.07, 6.45) is 0. The molecule has 1 heterocycles. The van der Waals surface area contributed by atoms with E-state index in [1.54, 1.807) is 6.07 Å². The molecular weight excluding hydrogens is 505 g/mol. The molecule has 0 aliphatic carbocycles. The van der Waals surface area contributed by atoms with Crippen molar-refractivity contribution < 1.29 is 9.59 Å². The molecule has 0 saturated carbocycles. The van der Waals surface area contributed by atoms with Crippen molar-refractivity contribution >= 4 is 64.1 Å². The standard InChI is InChI=1S/C22H22Cl3N5O2S/c1-4-30-20(13(3)26-21(32)15-8-6-5-7-12(15)2)28-29-22(30)33-11-18(31)27-19-16(24)9-14(23)10-17(19)25/h5-10,13H,4,11H2,1-3H3,(H,26,32)(H,27,31)/t13-/m0/s1. The molecule has 0 bridgehead atoms. The first-order chi connectivity index (χ1) is 15.7. The summed E-state index contributed by atoms with van der Waals surface area (Å²) in [5, 5.41) is 15.6. The predicted molar refractivity (Wildman–Crippen MR) is 134 cm³/mol. The van der Waals surface area contributed by atoms with Gasteiger partial charge in [-0.15, -0.1) is 10.2 Å². The first-order valence-corrected chi connectivity index (χ1v) is 12.2. The Bertz CT molecular complexity index is 1160. The second-order valence-corrected chi connectivity index (χ2v) is 9.37. The van der Waals surface area contributed by atoms with Crippen molar-refractivity contribution in [1.29, 1.82) is 0 Å². The molecule has 3 rings (SSSR count). The Morgan fingerprint density at radius 3 is 2.42 bits per heavy atom. The van der Waals surface area contributed by atoms with Crippen LogP contribution in [0, 0.1) is 6.92 Å². The van der Waals surface area contributed by atoms with Crippen LogP contribution in [0.2, 0.25) is 15.1 Å². The number of hydrogen-bond acceptors (Lipinski definition) is 5. The summed E-state index contributed by atoms with van der Waals surface area (Å²) in [7, 11) is 0. The summed E-state index contributed by atoms with van der Waals surface area (Å²) in [6.45, 7) is 6.25. The number of hydrogen-bond donors (Lipinski definition) is 2. The summed E-state index contributed by atoms with van der Waals surface area (Å²) >= 11 is 19.4. The van der Waals surface area contributed by atoms with Gasteiger partial charge in [0.25, 0.3) is 5.91 Å². The Morgan fingerprint density at radius 2 is 1.79 bits per heavy atom. The molecule has 1 atom stereocenters. The number of anilines is 1. The average Bonchev–Trinajstić information content (AvgIpc) is 3.18. The Kier molecular flexibility index (Phi) is 8.64. The number of carbonyl (C=O) groups excluding carboxylic acids is 2. The zero-order valence-electron chi connectivity index (χ0n) is 18.2. The highest BCUT2D eigenvalue weighted by Gasteiger charge is 2.21. The van der Waals surface area contributed by atoms with Crippen LogP contribution >= 0.6 is 46.6 Å². The summed E-state index contributed by atoms with van der Waals surface area (Å²) in [6, 6.07) is 10.0. The third kappa shape index (κ3) is 6.20. The molecule has 1 aromatic heterocycles. The van der Waals surface area contributed by atoms with E-state index in [0.717, 1.165) is 5.56 Å². The Hall–Kier alpha value is -2.26. The van der Waals surface area contributed by atoms with E-state index >= 15 is 0 Å². The fourth-order valence-corrected chi connectivity index (χ4v) is 4.88. The SMILES string of the molecule is CCn1c(SCC(=O)Nc2c(Cl)cc(Cl)cc2Cl)nnc1[C@H](C)NC(=O)c1ccccc1C. The minimum Gasteiger partial charge on any atom is -0.342 e. The molecule has 0 fully saturated rings. The lowest BCUT2D eigenvalue weighted by atomic mass is 10.1. The van der Waals surface area contributed by atoms with Gasteiger partial charge in [0.2, 0.25) is 5.91 Å². The summed E-state index contributed by atoms with van der Waals surface area (Å²) in [4.78, 5) is 25.1. The molecule has 2 aromatic carbocycles. The second-order valence-electron chi connectivity index (χ2n) is 7.18. The highest BCUT2D eigenvalue weighted by Crippen LogP contribution is 2.34. The maximum atomic E-state index is 12.7. The lowest BCUT2D eigenvalue weighted by Gasteiger charge is -2.16. The van der Waals surface area contributed by atoms with E-state index in [2.05, 4.69) is 20.8 Å². The van der Waals surface area contributed by atoms with Crippen LogP contribution in [-0.4, -0.2) is 32.3 Å². The van der Waals surface area contributed by atoms with E-state index < -0.39 is 0 Å². The van der Waals surface area contributed by atoms with Gasteiger partial charge in [0.1, 0.15) is 0 Å². The lowest BCUT2D eigenvalue weighted by Crippen LogP contribution is -2.29. The monoisotopic (exact) mass is 525 g/mol. The fraction of sp³-hybridized carbons (Fsp3) is 0.273. The number of aromatic nitrogens is 3. The topological polar surface area (TPSA) is 88.9 Å². The van der Waals surface area contributed by atoms with E-state index in [-0.39, 0.29) is 33.7 Å². The smallest absolute Gasteiger partial charge is 0.252 e. The average molecular weight is 527 g/mol. The van der Waals surface area contributed by atoms with Gasteiger partial charge in [0, 0.05) is 17.1 Å². The van der Waals surface area contributed by atoms with Crippen molar-refractivity contribution in [3.8, 4) is 0 Å². The second kappa shape index (κ2) is 11.2. The van der Waals surface area contributed by atoms with E-state index in [1.165, 1.54) is 23.9 Å². The van der Waals surface area contributed by atoms with E-state index in [9.17, 15) is 9.59 Å². The molecule has 0 spiro atoms. The summed E-state index contributed by atoms with van der Waals surface area (Å²) < 4.78 is 1.86. The van der Waals surface area contributed by atoms with Gasteiger partial charge in [-0.05, 0) is 44.5 Å². The van der Waals surface area contributed by atoms with Crippen LogP contribution in [0.1, 0.15) is 41.6 Å². The Morgan fingerprint density at radius 1 is 1.12 bits per heavy atom. The number of aryl methyl sites for hydroxylation is 1. The molecule has 0 saturated heterocycles. The van der Waals surface area contributed by atoms with Gasteiger partial charge in [0.15, 0.2) is 11.0 Å². The first kappa shape index (κ1) is 25.4. The molecule has 0 aliphatic rings. The predicted octanol–water partition coefficient (Wildman–Crippen LogP) is 5.79. The van der Waals surface area contributed by atoms with Gasteiger partial charge >= 0.3 is 0 Å². The van der Waals surface area contributed by atoms with Crippen LogP contribution in [-0.2, 0) is 11.3 Å². The first-order valence-electron chi connectivity index (χ1n) is 10.1. The number of halogens is 3. The van der Waals surface area contributed by atoms with Gasteiger partial charge in [0.05, 0.1) is 27.5 Å². The Balaban J connectivity index is 1.66. The number of amides is 2. The van der Waals surface area contributed by atoms with Crippen LogP contribution in [0.3, 0.4) is 0 Å². The summed E-state index contributed by atoms with van der Waals surface area (Å²) in [5.41, 5.74) is 1.80. The molecular formula is C22H22Cl3N5O2S. The van der Waals surface area contributed by atoms with Crippen LogP contribution in [0.5, 0.6) is 0 Å². The van der Waals surface area contributed by atoms with E-state index in [1.807, 2.05) is 43.5 Å². The van der Waals surface area contributed by atoms with Gasteiger partial charge in [-0.2, -0.15) is 0 Å². The molecule has 2 N–H and O–H groups in total. The van der Waals surface area contributed by atoms with Crippen molar-refractivity contribution in [1.82, 2.24) is 20.1 Å². The largest absolute Gasteiger partial charge is 0.342 e. The van der Waals surface area contributed by atoms with E-state index in [4.69, 9.17) is 34.8 Å². The van der Waals surface area contributed by atoms with Crippen molar-refractivity contribution in [2.45, 2.75) is 38.5 Å². The van der Waals surface area contributed by atoms with Gasteiger partial charge < -0.3 is 15.2 Å². The maximum absolute atomic E-state index is 12.7. The molecule has 33 heavy (non-hydrogen) atoms. The third-order valence-electron chi connectivity index (χ3n) is 4.79. The maximum Gasteiger partial charge on any atom is 0.252 e. The zero-order chi connectivity index (χ0) is 24.1. The molecule has 11 heteroatoms. The number of benzene rings is 2. The minimum atomic E-state index is -0.376. The number of nitrogens with zero attached hydrogens (tertiary/aromatic N) is 3. The van der Waals surface area contributed by atoms with E-state index in [0.29, 0.717) is 33.8 Å². The molecule has 2 amide bonds. The third-order valence-corrected chi connectivity index (χ3v) is 6.57. The highest BCUT2D eigenvalue weighted by atomic mass is 35.5. The van der Waals surface area contributed by atoms with Crippen molar-refractivity contribution in [2.75, 3.05) is 11.1 Å². The molecule has 174 valence electrons. The van der Waals surface area contributed by atoms with Crippen LogP contribution in [0.4, 0.5) is 5.69 Å². The summed E-state index contributed by atoms with van der Waals surface area (Å²) in [5.74, 6) is 0.180. The highest BCUT2D eigenvalue weighted by molar-refractivity contribution is 7.99. The van der Waals surface area contributed by atoms with Crippen LogP contribution in [0.15, 0.2) is 41.6 Å². The molecule has 0 aliphatic heterocycles. The fourth-order valence-electron chi connectivity index (χ4n) is 3.16. The number of carbonyl (C=O) groups is 2. The van der Waals surface area contributed by atoms with Gasteiger partial charge in [-0.25, -0.2) is 0 Å². The molecule has 0 unspecified atom stereocenters. The number of thioether (sulfide) groups is 1. The van der Waals surface area contributed by atoms with Gasteiger partial charge in [-0.3, -0.25) is 9.59 Å². The molecule has 3 aromatic rings. The van der Waals surface area contributed by atoms with Crippen LogP contribution < -0.4 is 10.6 Å². The lowest BCUT2D eigenvalue weighted by molar-refractivity contribution is -0.113. The number of nitrogens with one attached hydrogen (secondary N) is 2. The van der Waals surface area contributed by atoms with Crippen molar-refractivity contribution in [3.05, 3.63) is 68.4 Å². The van der Waals surface area contributed by atoms with Crippen molar-refractivity contribution in [2.24, 2.45) is 0 Å². The molecule has 7 nitrogen and oxygen atoms in total. The normalized spacial score (nSPS) is 11.8. The quantitative estimate of drug-likeness (QED) is 0.363. The zero-order valence-corrected chi connectivity index (χ0v) is 21.2. The van der Waals surface area contributed by atoms with Crippen LogP contribution in [0.25, 0.3) is 0 Å². The van der Waals surface area contributed by atoms with Crippen molar-refractivity contribution in [3.63, 3.8) is 0 Å². The minimum absolute atomic E-state index is 0.0668. The molecule has 0 radical (unpaired) electrons. The van der Waals surface area contributed by atoms with Gasteiger partial charge in [-0.1, -0.05) is 64.8 Å². The number of rotatable bonds is 8.